The molecule has 0 bridgehead atoms. The third-order valence-corrected chi connectivity index (χ3v) is 3.46. The molecule has 21 heavy (non-hydrogen) atoms. The minimum absolute atomic E-state index is 0.121. The van der Waals surface area contributed by atoms with E-state index in [1.807, 2.05) is 6.07 Å². The van der Waals surface area contributed by atoms with Crippen LogP contribution in [0.2, 0.25) is 0 Å². The standard InChI is InChI=1S/C16H16N2O2S/c1-18(13-7-4-6-12(9-13)16(17)21)15(20)10-11-5-2-3-8-14(11)19/h2-9,19H,10H2,1H3,(H2,17,21). The summed E-state index contributed by atoms with van der Waals surface area (Å²) < 4.78 is 0. The van der Waals surface area contributed by atoms with E-state index in [0.29, 0.717) is 21.8 Å². The number of nitrogens with two attached hydrogens (primary N) is 1. The lowest BCUT2D eigenvalue weighted by atomic mass is 10.1. The van der Waals surface area contributed by atoms with E-state index in [1.165, 1.54) is 4.90 Å². The summed E-state index contributed by atoms with van der Waals surface area (Å²) in [6.07, 6.45) is 0.125. The molecule has 3 N–H and O–H groups in total. The zero-order valence-electron chi connectivity index (χ0n) is 11.6. The lowest BCUT2D eigenvalue weighted by Gasteiger charge is -2.18. The summed E-state index contributed by atoms with van der Waals surface area (Å²) >= 11 is 4.94. The number of carbonyl (C=O) groups is 1. The zero-order chi connectivity index (χ0) is 15.4. The second-order valence-corrected chi connectivity index (χ2v) is 5.11. The number of rotatable bonds is 4. The molecular weight excluding hydrogens is 284 g/mol. The van der Waals surface area contributed by atoms with Crippen LogP contribution in [0.25, 0.3) is 0 Å². The number of amides is 1. The lowest BCUT2D eigenvalue weighted by molar-refractivity contribution is -0.117. The minimum Gasteiger partial charge on any atom is -0.508 e. The van der Waals surface area contributed by atoms with Crippen molar-refractivity contribution in [3.05, 3.63) is 59.7 Å². The molecule has 0 radical (unpaired) electrons. The number of carbonyl (C=O) groups excluding carboxylic acids is 1. The van der Waals surface area contributed by atoms with Crippen molar-refractivity contribution in [2.45, 2.75) is 6.42 Å². The molecule has 2 aromatic carbocycles. The van der Waals surface area contributed by atoms with Gasteiger partial charge in [-0.2, -0.15) is 0 Å². The van der Waals surface area contributed by atoms with E-state index in [0.717, 1.165) is 0 Å². The van der Waals surface area contributed by atoms with Gasteiger partial charge in [-0.1, -0.05) is 42.5 Å². The van der Waals surface area contributed by atoms with Crippen LogP contribution in [0.1, 0.15) is 11.1 Å². The van der Waals surface area contributed by atoms with Gasteiger partial charge in [0.05, 0.1) is 6.42 Å². The molecule has 0 unspecified atom stereocenters. The van der Waals surface area contributed by atoms with E-state index in [9.17, 15) is 9.90 Å². The fraction of sp³-hybridized carbons (Fsp3) is 0.125. The highest BCUT2D eigenvalue weighted by atomic mass is 32.1. The van der Waals surface area contributed by atoms with Gasteiger partial charge in [0, 0.05) is 23.9 Å². The fourth-order valence-corrected chi connectivity index (χ4v) is 2.08. The molecule has 0 spiro atoms. The number of anilines is 1. The van der Waals surface area contributed by atoms with Crippen molar-refractivity contribution in [3.8, 4) is 5.75 Å². The molecule has 5 heteroatoms. The van der Waals surface area contributed by atoms with Crippen molar-refractivity contribution >= 4 is 28.8 Å². The summed E-state index contributed by atoms with van der Waals surface area (Å²) in [5, 5.41) is 9.72. The highest BCUT2D eigenvalue weighted by Gasteiger charge is 2.14. The number of nitrogens with zero attached hydrogens (tertiary/aromatic N) is 1. The van der Waals surface area contributed by atoms with E-state index in [2.05, 4.69) is 0 Å². The molecule has 1 amide bonds. The average Bonchev–Trinajstić information content (AvgIpc) is 2.49. The van der Waals surface area contributed by atoms with Crippen molar-refractivity contribution < 1.29 is 9.90 Å². The van der Waals surface area contributed by atoms with Gasteiger partial charge in [0.2, 0.25) is 5.91 Å². The average molecular weight is 300 g/mol. The molecule has 0 aliphatic rings. The predicted octanol–water partition coefficient (Wildman–Crippen LogP) is 2.23. The Morgan fingerprint density at radius 1 is 1.24 bits per heavy atom. The molecule has 2 aromatic rings. The van der Waals surface area contributed by atoms with Crippen LogP contribution >= 0.6 is 12.2 Å². The van der Waals surface area contributed by atoms with Crippen molar-refractivity contribution in [2.24, 2.45) is 5.73 Å². The number of phenolic OH excluding ortho intramolecular Hbond substituents is 1. The summed E-state index contributed by atoms with van der Waals surface area (Å²) in [7, 11) is 1.68. The number of aromatic hydroxyl groups is 1. The number of para-hydroxylation sites is 1. The summed E-state index contributed by atoms with van der Waals surface area (Å²) in [6, 6.07) is 14.0. The Bertz CT molecular complexity index is 685. The Hall–Kier alpha value is -2.40. The number of benzene rings is 2. The summed E-state index contributed by atoms with van der Waals surface area (Å²) in [4.78, 5) is 14.1. The summed E-state index contributed by atoms with van der Waals surface area (Å²) in [6.45, 7) is 0. The first-order chi connectivity index (χ1) is 9.99. The van der Waals surface area contributed by atoms with Crippen LogP contribution in [0.5, 0.6) is 5.75 Å². The van der Waals surface area contributed by atoms with Crippen LogP contribution in [-0.4, -0.2) is 23.0 Å². The quantitative estimate of drug-likeness (QED) is 0.850. The van der Waals surface area contributed by atoms with Gasteiger partial charge in [0.25, 0.3) is 0 Å². The van der Waals surface area contributed by atoms with E-state index >= 15 is 0 Å². The first-order valence-corrected chi connectivity index (χ1v) is 6.83. The molecule has 0 atom stereocenters. The Balaban J connectivity index is 2.18. The monoisotopic (exact) mass is 300 g/mol. The Kier molecular flexibility index (Phi) is 4.55. The van der Waals surface area contributed by atoms with E-state index in [-0.39, 0.29) is 18.1 Å². The SMILES string of the molecule is CN(C(=O)Cc1ccccc1O)c1cccc(C(N)=S)c1. The molecule has 108 valence electrons. The van der Waals surface area contributed by atoms with E-state index < -0.39 is 0 Å². The van der Waals surface area contributed by atoms with Crippen molar-refractivity contribution in [1.82, 2.24) is 0 Å². The normalized spacial score (nSPS) is 10.1. The molecule has 0 saturated carbocycles. The molecule has 4 nitrogen and oxygen atoms in total. The number of phenols is 1. The zero-order valence-corrected chi connectivity index (χ0v) is 12.4. The Labute approximate surface area is 128 Å². The van der Waals surface area contributed by atoms with Crippen molar-refractivity contribution in [3.63, 3.8) is 0 Å². The highest BCUT2D eigenvalue weighted by molar-refractivity contribution is 7.80. The maximum atomic E-state index is 12.3. The summed E-state index contributed by atoms with van der Waals surface area (Å²) in [5.41, 5.74) is 7.62. The van der Waals surface area contributed by atoms with Gasteiger partial charge in [-0.3, -0.25) is 4.79 Å². The first kappa shape index (κ1) is 15.0. The number of hydrogen-bond donors (Lipinski definition) is 2. The number of hydrogen-bond acceptors (Lipinski definition) is 3. The van der Waals surface area contributed by atoms with Gasteiger partial charge >= 0.3 is 0 Å². The molecule has 0 aliphatic carbocycles. The van der Waals surface area contributed by atoms with Gasteiger partial charge in [-0.25, -0.2) is 0 Å². The second kappa shape index (κ2) is 6.37. The lowest BCUT2D eigenvalue weighted by Crippen LogP contribution is -2.28. The first-order valence-electron chi connectivity index (χ1n) is 6.42. The molecular formula is C16H16N2O2S. The van der Waals surface area contributed by atoms with Crippen LogP contribution in [-0.2, 0) is 11.2 Å². The largest absolute Gasteiger partial charge is 0.508 e. The third kappa shape index (κ3) is 3.58. The van der Waals surface area contributed by atoms with Crippen LogP contribution in [0.3, 0.4) is 0 Å². The molecule has 0 fully saturated rings. The van der Waals surface area contributed by atoms with Crippen LogP contribution < -0.4 is 10.6 Å². The van der Waals surface area contributed by atoms with E-state index in [1.54, 1.807) is 49.5 Å². The maximum Gasteiger partial charge on any atom is 0.231 e. The van der Waals surface area contributed by atoms with Crippen molar-refractivity contribution in [1.29, 1.82) is 0 Å². The molecule has 0 aliphatic heterocycles. The minimum atomic E-state index is -0.128. The number of likely N-dealkylation sites (N-methyl/N-ethyl adjacent to an activating group) is 1. The smallest absolute Gasteiger partial charge is 0.231 e. The maximum absolute atomic E-state index is 12.3. The Morgan fingerprint density at radius 3 is 2.62 bits per heavy atom. The predicted molar refractivity (Wildman–Crippen MR) is 87.6 cm³/mol. The van der Waals surface area contributed by atoms with Gasteiger partial charge in [0.1, 0.15) is 10.7 Å². The molecule has 2 rings (SSSR count). The Morgan fingerprint density at radius 2 is 1.95 bits per heavy atom. The van der Waals surface area contributed by atoms with Crippen LogP contribution in [0.4, 0.5) is 5.69 Å². The summed E-state index contributed by atoms with van der Waals surface area (Å²) in [5.74, 6) is -0.00673. The molecule has 0 heterocycles. The van der Waals surface area contributed by atoms with Gasteiger partial charge in [0.15, 0.2) is 0 Å². The van der Waals surface area contributed by atoms with Crippen LogP contribution in [0, 0.1) is 0 Å². The van der Waals surface area contributed by atoms with Gasteiger partial charge < -0.3 is 15.7 Å². The molecule has 0 saturated heterocycles. The number of thiocarbonyl (C=S) groups is 1. The highest BCUT2D eigenvalue weighted by Crippen LogP contribution is 2.20. The van der Waals surface area contributed by atoms with Crippen LogP contribution in [0.15, 0.2) is 48.5 Å². The van der Waals surface area contributed by atoms with Gasteiger partial charge in [-0.05, 0) is 18.2 Å². The molecule has 0 aromatic heterocycles. The van der Waals surface area contributed by atoms with Gasteiger partial charge in [-0.15, -0.1) is 0 Å². The topological polar surface area (TPSA) is 66.6 Å². The second-order valence-electron chi connectivity index (χ2n) is 4.67. The fourth-order valence-electron chi connectivity index (χ4n) is 1.95. The van der Waals surface area contributed by atoms with Crippen molar-refractivity contribution in [2.75, 3.05) is 11.9 Å². The van der Waals surface area contributed by atoms with E-state index in [4.69, 9.17) is 18.0 Å². The third-order valence-electron chi connectivity index (χ3n) is 3.23.